The molecule has 9 heteroatoms. The summed E-state index contributed by atoms with van der Waals surface area (Å²) in [5, 5.41) is 4.63. The average Bonchev–Trinajstić information content (AvgIpc) is 3.29. The van der Waals surface area contributed by atoms with Gasteiger partial charge in [0.25, 0.3) is 0 Å². The van der Waals surface area contributed by atoms with Crippen molar-refractivity contribution in [3.05, 3.63) is 71.4 Å². The van der Waals surface area contributed by atoms with Crippen molar-refractivity contribution in [1.29, 1.82) is 0 Å². The Balaban J connectivity index is 1.57. The molecule has 0 N–H and O–H groups in total. The molecule has 2 aromatic carbocycles. The Bertz CT molecular complexity index is 1220. The molecule has 4 aromatic rings. The Kier molecular flexibility index (Phi) is 6.67. The highest BCUT2D eigenvalue weighted by atomic mass is 16.5. The lowest BCUT2D eigenvalue weighted by Crippen LogP contribution is -2.38. The molecule has 0 aliphatic carbocycles. The maximum Gasteiger partial charge on any atom is 0.232 e. The lowest BCUT2D eigenvalue weighted by molar-refractivity contribution is 0.122. The molecule has 0 saturated carbocycles. The Morgan fingerprint density at radius 1 is 0.857 bits per heavy atom. The number of hydrogen-bond donors (Lipinski definition) is 0. The van der Waals surface area contributed by atoms with Gasteiger partial charge in [0, 0.05) is 31.7 Å². The lowest BCUT2D eigenvalue weighted by atomic mass is 10.1. The second-order valence-corrected chi connectivity index (χ2v) is 8.54. The molecule has 9 nitrogen and oxygen atoms in total. The van der Waals surface area contributed by atoms with Crippen molar-refractivity contribution in [2.75, 3.05) is 50.3 Å². The van der Waals surface area contributed by atoms with E-state index in [0.29, 0.717) is 32.3 Å². The quantitative estimate of drug-likeness (QED) is 0.384. The highest BCUT2D eigenvalue weighted by Crippen LogP contribution is 2.25. The number of benzene rings is 2. The van der Waals surface area contributed by atoms with Crippen LogP contribution >= 0.6 is 0 Å². The summed E-state index contributed by atoms with van der Waals surface area (Å²) in [6, 6.07) is 16.2. The molecule has 182 valence electrons. The molecule has 3 heterocycles. The van der Waals surface area contributed by atoms with Crippen molar-refractivity contribution in [2.45, 2.75) is 20.0 Å². The number of fused-ring (bicyclic) bond motifs is 1. The Morgan fingerprint density at radius 2 is 1.43 bits per heavy atom. The first-order chi connectivity index (χ1) is 17.1. The fraction of sp³-hybridized carbons (Fsp3) is 0.346. The van der Waals surface area contributed by atoms with Crippen molar-refractivity contribution < 1.29 is 14.2 Å². The van der Waals surface area contributed by atoms with Crippen LogP contribution in [0, 0.1) is 6.92 Å². The third-order valence-corrected chi connectivity index (χ3v) is 6.16. The average molecular weight is 475 g/mol. The number of ether oxygens (including phenoxy) is 3. The van der Waals surface area contributed by atoms with Gasteiger partial charge < -0.3 is 24.0 Å². The number of morpholine rings is 1. The summed E-state index contributed by atoms with van der Waals surface area (Å²) in [5.41, 5.74) is 4.11. The van der Waals surface area contributed by atoms with Crippen LogP contribution < -0.4 is 19.3 Å². The zero-order chi connectivity index (χ0) is 24.2. The van der Waals surface area contributed by atoms with Gasteiger partial charge in [0.05, 0.1) is 33.6 Å². The van der Waals surface area contributed by atoms with E-state index in [-0.39, 0.29) is 0 Å². The monoisotopic (exact) mass is 474 g/mol. The van der Waals surface area contributed by atoms with E-state index < -0.39 is 0 Å². The highest BCUT2D eigenvalue weighted by molar-refractivity contribution is 5.56. The summed E-state index contributed by atoms with van der Waals surface area (Å²) in [5.74, 6) is 3.11. The van der Waals surface area contributed by atoms with Gasteiger partial charge in [0.1, 0.15) is 11.5 Å². The standard InChI is InChI=1S/C26H30N6O3/c1-19-16-27-32-24(19)28-25(30-12-14-35-15-13-30)29-26(32)31(17-20-4-8-22(33-2)9-5-20)18-21-6-10-23(34-3)11-7-21/h4-11,16H,12-15,17-18H2,1-3H3. The predicted molar refractivity (Wildman–Crippen MR) is 134 cm³/mol. The van der Waals surface area contributed by atoms with E-state index in [0.717, 1.165) is 52.9 Å². The molecule has 1 saturated heterocycles. The van der Waals surface area contributed by atoms with Crippen LogP contribution in [0.3, 0.4) is 0 Å². The van der Waals surface area contributed by atoms with E-state index in [4.69, 9.17) is 24.2 Å². The number of nitrogens with zero attached hydrogens (tertiary/aromatic N) is 6. The van der Waals surface area contributed by atoms with Crippen LogP contribution in [0.5, 0.6) is 11.5 Å². The largest absolute Gasteiger partial charge is 0.497 e. The fourth-order valence-electron chi connectivity index (χ4n) is 4.17. The number of methoxy groups -OCH3 is 2. The molecule has 1 aliphatic rings. The van der Waals surface area contributed by atoms with Gasteiger partial charge in [0.15, 0.2) is 5.65 Å². The molecular weight excluding hydrogens is 444 g/mol. The van der Waals surface area contributed by atoms with Gasteiger partial charge in [-0.05, 0) is 42.3 Å². The number of hydrogen-bond acceptors (Lipinski definition) is 8. The summed E-state index contributed by atoms with van der Waals surface area (Å²) in [6.45, 7) is 6.18. The molecule has 0 atom stereocenters. The molecule has 5 rings (SSSR count). The Hall–Kier alpha value is -3.85. The molecule has 35 heavy (non-hydrogen) atoms. The molecule has 0 bridgehead atoms. The maximum absolute atomic E-state index is 5.55. The summed E-state index contributed by atoms with van der Waals surface area (Å²) < 4.78 is 18.1. The van der Waals surface area contributed by atoms with Gasteiger partial charge >= 0.3 is 0 Å². The predicted octanol–water partition coefficient (Wildman–Crippen LogP) is 3.49. The minimum Gasteiger partial charge on any atom is -0.497 e. The molecule has 0 radical (unpaired) electrons. The van der Waals surface area contributed by atoms with Crippen LogP contribution in [-0.2, 0) is 17.8 Å². The van der Waals surface area contributed by atoms with Gasteiger partial charge in [-0.25, -0.2) is 0 Å². The summed E-state index contributed by atoms with van der Waals surface area (Å²) in [4.78, 5) is 14.3. The molecule has 1 fully saturated rings. The normalized spacial score (nSPS) is 13.7. The molecular formula is C26H30N6O3. The van der Waals surface area contributed by atoms with Crippen LogP contribution in [0.2, 0.25) is 0 Å². The molecule has 0 amide bonds. The molecule has 0 spiro atoms. The summed E-state index contributed by atoms with van der Waals surface area (Å²) in [6.07, 6.45) is 1.84. The number of aromatic nitrogens is 4. The minimum atomic E-state index is 0.642. The van der Waals surface area contributed by atoms with Gasteiger partial charge in [-0.15, -0.1) is 0 Å². The Labute approximate surface area is 204 Å². The van der Waals surface area contributed by atoms with Gasteiger partial charge in [0.2, 0.25) is 11.9 Å². The SMILES string of the molecule is COc1ccc(CN(Cc2ccc(OC)cc2)c2nc(N3CCOCC3)nc3c(C)cnn23)cc1. The molecule has 0 unspecified atom stereocenters. The number of rotatable bonds is 8. The molecule has 1 aliphatic heterocycles. The molecule has 2 aromatic heterocycles. The van der Waals surface area contributed by atoms with Gasteiger partial charge in [-0.3, -0.25) is 0 Å². The zero-order valence-corrected chi connectivity index (χ0v) is 20.3. The first-order valence-electron chi connectivity index (χ1n) is 11.7. The topological polar surface area (TPSA) is 77.2 Å². The van der Waals surface area contributed by atoms with Gasteiger partial charge in [-0.1, -0.05) is 24.3 Å². The van der Waals surface area contributed by atoms with Crippen molar-refractivity contribution in [2.24, 2.45) is 0 Å². The van der Waals surface area contributed by atoms with Crippen molar-refractivity contribution in [3.8, 4) is 11.5 Å². The lowest BCUT2D eigenvalue weighted by Gasteiger charge is -2.29. The van der Waals surface area contributed by atoms with Crippen LogP contribution in [0.1, 0.15) is 16.7 Å². The maximum atomic E-state index is 5.55. The first-order valence-corrected chi connectivity index (χ1v) is 11.7. The first kappa shape index (κ1) is 22.9. The highest BCUT2D eigenvalue weighted by Gasteiger charge is 2.22. The van der Waals surface area contributed by atoms with Gasteiger partial charge in [-0.2, -0.15) is 19.6 Å². The van der Waals surface area contributed by atoms with E-state index in [1.165, 1.54) is 0 Å². The van der Waals surface area contributed by atoms with Crippen molar-refractivity contribution in [1.82, 2.24) is 19.6 Å². The zero-order valence-electron chi connectivity index (χ0n) is 20.3. The number of anilines is 2. The smallest absolute Gasteiger partial charge is 0.232 e. The minimum absolute atomic E-state index is 0.642. The van der Waals surface area contributed by atoms with E-state index in [2.05, 4.69) is 39.2 Å². The van der Waals surface area contributed by atoms with Crippen LogP contribution in [-0.4, -0.2) is 60.1 Å². The third-order valence-electron chi connectivity index (χ3n) is 6.16. The second-order valence-electron chi connectivity index (χ2n) is 8.54. The second kappa shape index (κ2) is 10.2. The van der Waals surface area contributed by atoms with E-state index in [9.17, 15) is 0 Å². The van der Waals surface area contributed by atoms with Crippen molar-refractivity contribution >= 4 is 17.5 Å². The van der Waals surface area contributed by atoms with Crippen LogP contribution in [0.4, 0.5) is 11.9 Å². The van der Waals surface area contributed by atoms with Crippen molar-refractivity contribution in [3.63, 3.8) is 0 Å². The number of aryl methyl sites for hydroxylation is 1. The van der Waals surface area contributed by atoms with Crippen LogP contribution in [0.25, 0.3) is 5.65 Å². The van der Waals surface area contributed by atoms with E-state index in [1.807, 2.05) is 41.9 Å². The summed E-state index contributed by atoms with van der Waals surface area (Å²) >= 11 is 0. The van der Waals surface area contributed by atoms with Crippen LogP contribution in [0.15, 0.2) is 54.7 Å². The van der Waals surface area contributed by atoms with E-state index >= 15 is 0 Å². The third kappa shape index (κ3) is 5.00. The Morgan fingerprint density at radius 3 is 1.97 bits per heavy atom. The fourth-order valence-corrected chi connectivity index (χ4v) is 4.17. The van der Waals surface area contributed by atoms with E-state index in [1.54, 1.807) is 14.2 Å². The summed E-state index contributed by atoms with van der Waals surface area (Å²) in [7, 11) is 3.35.